The van der Waals surface area contributed by atoms with Crippen LogP contribution in [-0.4, -0.2) is 62.3 Å². The van der Waals surface area contributed by atoms with Gasteiger partial charge in [0.05, 0.1) is 36.9 Å². The molecule has 8 heteroatoms. The van der Waals surface area contributed by atoms with Gasteiger partial charge in [0.15, 0.2) is 0 Å². The third-order valence-electron chi connectivity index (χ3n) is 4.80. The molecule has 0 aromatic heterocycles. The van der Waals surface area contributed by atoms with Gasteiger partial charge in [-0.25, -0.2) is 4.79 Å². The SMILES string of the molecule is COc1ccccc1CN(CCN1CCOCC1)C(=O)Nc1ccc(Cl)c(Cl)c1. The fourth-order valence-electron chi connectivity index (χ4n) is 3.15. The lowest BCUT2D eigenvalue weighted by Crippen LogP contribution is -2.44. The van der Waals surface area contributed by atoms with Crippen LogP contribution in [0.4, 0.5) is 10.5 Å². The van der Waals surface area contributed by atoms with Gasteiger partial charge in [0.1, 0.15) is 5.75 Å². The Morgan fingerprint density at radius 3 is 2.66 bits per heavy atom. The van der Waals surface area contributed by atoms with E-state index >= 15 is 0 Å². The monoisotopic (exact) mass is 437 g/mol. The molecule has 0 atom stereocenters. The van der Waals surface area contributed by atoms with Crippen molar-refractivity contribution in [1.82, 2.24) is 9.80 Å². The molecule has 0 aliphatic carbocycles. The van der Waals surface area contributed by atoms with E-state index in [1.54, 1.807) is 30.2 Å². The predicted molar refractivity (Wildman–Crippen MR) is 116 cm³/mol. The summed E-state index contributed by atoms with van der Waals surface area (Å²) >= 11 is 12.0. The molecule has 2 aromatic carbocycles. The highest BCUT2D eigenvalue weighted by Crippen LogP contribution is 2.25. The number of benzene rings is 2. The second kappa shape index (κ2) is 10.7. The van der Waals surface area contributed by atoms with Gasteiger partial charge in [-0.05, 0) is 24.3 Å². The number of hydrogen-bond acceptors (Lipinski definition) is 4. The lowest BCUT2D eigenvalue weighted by atomic mass is 10.2. The first-order chi connectivity index (χ1) is 14.1. The van der Waals surface area contributed by atoms with E-state index in [1.807, 2.05) is 24.3 Å². The molecule has 0 saturated carbocycles. The van der Waals surface area contributed by atoms with Crippen LogP contribution >= 0.6 is 23.2 Å². The van der Waals surface area contributed by atoms with E-state index in [2.05, 4.69) is 10.2 Å². The van der Waals surface area contributed by atoms with E-state index in [4.69, 9.17) is 32.7 Å². The van der Waals surface area contributed by atoms with Gasteiger partial charge in [0, 0.05) is 37.4 Å². The van der Waals surface area contributed by atoms with Crippen molar-refractivity contribution in [2.75, 3.05) is 51.8 Å². The highest BCUT2D eigenvalue weighted by atomic mass is 35.5. The molecular formula is C21H25Cl2N3O3. The van der Waals surface area contributed by atoms with Gasteiger partial charge in [-0.1, -0.05) is 41.4 Å². The number of methoxy groups -OCH3 is 1. The maximum atomic E-state index is 13.0. The van der Waals surface area contributed by atoms with E-state index in [-0.39, 0.29) is 6.03 Å². The molecule has 3 rings (SSSR count). The summed E-state index contributed by atoms with van der Waals surface area (Å²) in [7, 11) is 1.63. The number of morpholine rings is 1. The lowest BCUT2D eigenvalue weighted by molar-refractivity contribution is 0.0349. The van der Waals surface area contributed by atoms with E-state index < -0.39 is 0 Å². The van der Waals surface area contributed by atoms with Crippen LogP contribution in [0.2, 0.25) is 10.0 Å². The average Bonchev–Trinajstić information content (AvgIpc) is 2.74. The Morgan fingerprint density at radius 1 is 1.17 bits per heavy atom. The summed E-state index contributed by atoms with van der Waals surface area (Å²) in [5.41, 5.74) is 1.54. The lowest BCUT2D eigenvalue weighted by Gasteiger charge is -2.30. The first kappa shape index (κ1) is 21.7. The fourth-order valence-corrected chi connectivity index (χ4v) is 3.45. The van der Waals surface area contributed by atoms with E-state index in [9.17, 15) is 4.79 Å². The largest absolute Gasteiger partial charge is 0.496 e. The van der Waals surface area contributed by atoms with Gasteiger partial charge in [-0.2, -0.15) is 0 Å². The number of hydrogen-bond donors (Lipinski definition) is 1. The number of nitrogens with zero attached hydrogens (tertiary/aromatic N) is 2. The molecule has 2 aromatic rings. The molecule has 1 saturated heterocycles. The topological polar surface area (TPSA) is 54.0 Å². The molecule has 0 bridgehead atoms. The summed E-state index contributed by atoms with van der Waals surface area (Å²) in [5, 5.41) is 3.76. The van der Waals surface area contributed by atoms with Crippen LogP contribution in [0.5, 0.6) is 5.75 Å². The Hall–Kier alpha value is -1.99. The first-order valence-electron chi connectivity index (χ1n) is 9.50. The number of para-hydroxylation sites is 1. The van der Waals surface area contributed by atoms with Gasteiger partial charge in [-0.3, -0.25) is 4.90 Å². The summed E-state index contributed by atoms with van der Waals surface area (Å²) in [4.78, 5) is 17.1. The Bertz CT molecular complexity index is 829. The van der Waals surface area contributed by atoms with Crippen molar-refractivity contribution >= 4 is 34.9 Å². The maximum Gasteiger partial charge on any atom is 0.322 e. The third-order valence-corrected chi connectivity index (χ3v) is 5.54. The van der Waals surface area contributed by atoms with Crippen LogP contribution < -0.4 is 10.1 Å². The van der Waals surface area contributed by atoms with Crippen LogP contribution in [0.3, 0.4) is 0 Å². The average molecular weight is 438 g/mol. The zero-order chi connectivity index (χ0) is 20.6. The molecule has 1 fully saturated rings. The molecule has 29 heavy (non-hydrogen) atoms. The third kappa shape index (κ3) is 6.24. The number of urea groups is 1. The molecule has 0 spiro atoms. The number of halogens is 2. The summed E-state index contributed by atoms with van der Waals surface area (Å²) in [6.07, 6.45) is 0. The normalized spacial score (nSPS) is 14.4. The number of ether oxygens (including phenoxy) is 2. The Morgan fingerprint density at radius 2 is 1.93 bits per heavy atom. The maximum absolute atomic E-state index is 13.0. The molecule has 2 amide bonds. The molecule has 1 heterocycles. The minimum atomic E-state index is -0.206. The minimum Gasteiger partial charge on any atom is -0.496 e. The van der Waals surface area contributed by atoms with E-state index in [1.165, 1.54) is 0 Å². The van der Waals surface area contributed by atoms with Crippen LogP contribution in [0.25, 0.3) is 0 Å². The van der Waals surface area contributed by atoms with Crippen LogP contribution in [-0.2, 0) is 11.3 Å². The van der Waals surface area contributed by atoms with Gasteiger partial charge >= 0.3 is 6.03 Å². The molecule has 6 nitrogen and oxygen atoms in total. The zero-order valence-electron chi connectivity index (χ0n) is 16.4. The molecule has 0 radical (unpaired) electrons. The van der Waals surface area contributed by atoms with Crippen molar-refractivity contribution in [3.63, 3.8) is 0 Å². The summed E-state index contributed by atoms with van der Waals surface area (Å²) in [6, 6.07) is 12.5. The van der Waals surface area contributed by atoms with Crippen LogP contribution in [0, 0.1) is 0 Å². The molecule has 0 unspecified atom stereocenters. The van der Waals surface area contributed by atoms with E-state index in [0.717, 1.165) is 44.2 Å². The summed E-state index contributed by atoms with van der Waals surface area (Å²) in [6.45, 7) is 4.97. The van der Waals surface area contributed by atoms with Crippen molar-refractivity contribution in [3.8, 4) is 5.75 Å². The Balaban J connectivity index is 1.72. The number of rotatable bonds is 7. The molecule has 1 N–H and O–H groups in total. The fraction of sp³-hybridized carbons (Fsp3) is 0.381. The molecule has 1 aliphatic rings. The van der Waals surface area contributed by atoms with Crippen molar-refractivity contribution in [3.05, 3.63) is 58.1 Å². The smallest absolute Gasteiger partial charge is 0.322 e. The summed E-state index contributed by atoms with van der Waals surface area (Å²) in [5.74, 6) is 0.756. The highest BCUT2D eigenvalue weighted by Gasteiger charge is 2.19. The molecule has 156 valence electrons. The summed E-state index contributed by atoms with van der Waals surface area (Å²) < 4.78 is 10.9. The van der Waals surface area contributed by atoms with Gasteiger partial charge in [0.2, 0.25) is 0 Å². The Labute approximate surface area is 181 Å². The second-order valence-corrected chi connectivity index (χ2v) is 7.56. The quantitative estimate of drug-likeness (QED) is 0.698. The van der Waals surface area contributed by atoms with E-state index in [0.29, 0.717) is 28.8 Å². The Kier molecular flexibility index (Phi) is 8.00. The number of anilines is 1. The highest BCUT2D eigenvalue weighted by molar-refractivity contribution is 6.42. The number of carbonyl (C=O) groups is 1. The van der Waals surface area contributed by atoms with Crippen molar-refractivity contribution in [2.45, 2.75) is 6.54 Å². The zero-order valence-corrected chi connectivity index (χ0v) is 17.9. The number of carbonyl (C=O) groups excluding carboxylic acids is 1. The second-order valence-electron chi connectivity index (χ2n) is 6.75. The molecule has 1 aliphatic heterocycles. The molecular weight excluding hydrogens is 413 g/mol. The number of nitrogens with one attached hydrogen (secondary N) is 1. The minimum absolute atomic E-state index is 0.206. The standard InChI is InChI=1S/C21H25Cl2N3O3/c1-28-20-5-3-2-4-16(20)15-26(9-8-25-10-12-29-13-11-25)21(27)24-17-6-7-18(22)19(23)14-17/h2-7,14H,8-13,15H2,1H3,(H,24,27). The first-order valence-corrected chi connectivity index (χ1v) is 10.3. The van der Waals surface area contributed by atoms with Crippen molar-refractivity contribution in [1.29, 1.82) is 0 Å². The van der Waals surface area contributed by atoms with Gasteiger partial charge < -0.3 is 19.7 Å². The van der Waals surface area contributed by atoms with Crippen LogP contribution in [0.1, 0.15) is 5.56 Å². The van der Waals surface area contributed by atoms with Crippen molar-refractivity contribution in [2.24, 2.45) is 0 Å². The van der Waals surface area contributed by atoms with Gasteiger partial charge in [-0.15, -0.1) is 0 Å². The van der Waals surface area contributed by atoms with Crippen LogP contribution in [0.15, 0.2) is 42.5 Å². The predicted octanol–water partition coefficient (Wildman–Crippen LogP) is 4.37. The van der Waals surface area contributed by atoms with Gasteiger partial charge in [0.25, 0.3) is 0 Å². The number of amides is 2. The van der Waals surface area contributed by atoms with Crippen molar-refractivity contribution < 1.29 is 14.3 Å².